The number of hydrogen-bond acceptors (Lipinski definition) is 4. The summed E-state index contributed by atoms with van der Waals surface area (Å²) in [6, 6.07) is 9.91. The number of allylic oxidation sites excluding steroid dienone is 2. The van der Waals surface area contributed by atoms with Crippen LogP contribution in [0.5, 0.6) is 0 Å². The van der Waals surface area contributed by atoms with Crippen LogP contribution in [0, 0.1) is 23.7 Å². The molecule has 2 saturated carbocycles. The number of carboxylic acid groups (broad SMARTS) is 1. The Hall–Kier alpha value is -2.66. The van der Waals surface area contributed by atoms with E-state index in [-0.39, 0.29) is 17.8 Å². The number of carbonyl (C=O) groups excluding carboxylic acids is 1. The van der Waals surface area contributed by atoms with Crippen molar-refractivity contribution in [3.63, 3.8) is 0 Å². The lowest BCUT2D eigenvalue weighted by Crippen LogP contribution is -2.64. The second kappa shape index (κ2) is 8.94. The number of esters is 1. The zero-order valence-electron chi connectivity index (χ0n) is 19.6. The molecule has 176 valence electrons. The number of nitrogens with two attached hydrogens (primary N) is 1. The minimum atomic E-state index is -1.39. The molecule has 2 fully saturated rings. The van der Waals surface area contributed by atoms with Gasteiger partial charge < -0.3 is 15.6 Å². The van der Waals surface area contributed by atoms with E-state index in [0.29, 0.717) is 24.0 Å². The molecule has 1 aromatic carbocycles. The van der Waals surface area contributed by atoms with Crippen molar-refractivity contribution in [2.75, 3.05) is 6.61 Å². The first-order valence-corrected chi connectivity index (χ1v) is 12.0. The first-order chi connectivity index (χ1) is 15.7. The van der Waals surface area contributed by atoms with Crippen LogP contribution in [0.25, 0.3) is 0 Å². The minimum Gasteiger partial charge on any atom is -0.480 e. The van der Waals surface area contributed by atoms with E-state index in [0.717, 1.165) is 37.7 Å². The van der Waals surface area contributed by atoms with E-state index in [1.54, 1.807) is 6.92 Å². The van der Waals surface area contributed by atoms with Gasteiger partial charge in [-0.15, -0.1) is 0 Å². The van der Waals surface area contributed by atoms with Crippen LogP contribution >= 0.6 is 0 Å². The van der Waals surface area contributed by atoms with E-state index in [1.165, 1.54) is 5.57 Å². The van der Waals surface area contributed by atoms with Crippen LogP contribution in [0.1, 0.15) is 51.5 Å². The standard InChI is InChI=1S/C28H35NO4/c1-18-9-10-20-17-22(12-14-24(20)23(18)13-11-19-15-16-33-25(19)30)27(2,28(3,29)26(31)32)21-7-5-4-6-8-21/h4-8,11,13,15,20,22-24H,1,9-10,12,14,16-17,29H2,2-3H3,(H,31,32)/b13-11+. The third-order valence-corrected chi connectivity index (χ3v) is 8.76. The number of aliphatic carboxylic acids is 1. The summed E-state index contributed by atoms with van der Waals surface area (Å²) >= 11 is 0. The third-order valence-electron chi connectivity index (χ3n) is 8.76. The smallest absolute Gasteiger partial charge is 0.338 e. The Morgan fingerprint density at radius 1 is 1.21 bits per heavy atom. The molecule has 1 aliphatic heterocycles. The minimum absolute atomic E-state index is 0.163. The molecule has 0 amide bonds. The Morgan fingerprint density at radius 3 is 2.58 bits per heavy atom. The molecular formula is C28H35NO4. The van der Waals surface area contributed by atoms with Gasteiger partial charge >= 0.3 is 11.9 Å². The number of cyclic esters (lactones) is 1. The Kier molecular flexibility index (Phi) is 6.37. The number of hydrogen-bond donors (Lipinski definition) is 2. The summed E-state index contributed by atoms with van der Waals surface area (Å²) < 4.78 is 5.02. The quantitative estimate of drug-likeness (QED) is 0.482. The van der Waals surface area contributed by atoms with Gasteiger partial charge in [0.2, 0.25) is 0 Å². The predicted molar refractivity (Wildman–Crippen MR) is 128 cm³/mol. The molecule has 0 saturated heterocycles. The van der Waals surface area contributed by atoms with Crippen molar-refractivity contribution in [2.24, 2.45) is 29.4 Å². The molecule has 5 heteroatoms. The van der Waals surface area contributed by atoms with Gasteiger partial charge in [0.05, 0.1) is 5.57 Å². The molecule has 6 unspecified atom stereocenters. The van der Waals surface area contributed by atoms with E-state index >= 15 is 0 Å². The molecule has 0 spiro atoms. The van der Waals surface area contributed by atoms with Crippen molar-refractivity contribution in [3.8, 4) is 0 Å². The van der Waals surface area contributed by atoms with Gasteiger partial charge in [0.15, 0.2) is 0 Å². The zero-order chi connectivity index (χ0) is 23.8. The fourth-order valence-electron chi connectivity index (χ4n) is 6.42. The molecular weight excluding hydrogens is 414 g/mol. The summed E-state index contributed by atoms with van der Waals surface area (Å²) in [6.07, 6.45) is 10.7. The Labute approximate surface area is 196 Å². The van der Waals surface area contributed by atoms with Crippen molar-refractivity contribution >= 4 is 11.9 Å². The highest BCUT2D eigenvalue weighted by Crippen LogP contribution is 2.54. The van der Waals surface area contributed by atoms with Crippen LogP contribution in [0.2, 0.25) is 0 Å². The number of fused-ring (bicyclic) bond motifs is 1. The predicted octanol–water partition coefficient (Wildman–Crippen LogP) is 4.78. The average molecular weight is 450 g/mol. The number of rotatable bonds is 6. The lowest BCUT2D eigenvalue weighted by atomic mass is 9.52. The maximum atomic E-state index is 12.3. The van der Waals surface area contributed by atoms with Gasteiger partial charge in [-0.3, -0.25) is 4.79 Å². The van der Waals surface area contributed by atoms with Crippen LogP contribution in [-0.2, 0) is 19.7 Å². The molecule has 33 heavy (non-hydrogen) atoms. The topological polar surface area (TPSA) is 89.6 Å². The molecule has 0 bridgehead atoms. The average Bonchev–Trinajstić information content (AvgIpc) is 3.22. The summed E-state index contributed by atoms with van der Waals surface area (Å²) in [4.78, 5) is 24.1. The van der Waals surface area contributed by atoms with Gasteiger partial charge in [-0.1, -0.05) is 61.6 Å². The van der Waals surface area contributed by atoms with Crippen molar-refractivity contribution in [2.45, 2.75) is 56.9 Å². The van der Waals surface area contributed by atoms with Gasteiger partial charge in [0, 0.05) is 11.3 Å². The molecule has 0 radical (unpaired) electrons. The molecule has 1 heterocycles. The van der Waals surface area contributed by atoms with Crippen LogP contribution in [-0.4, -0.2) is 29.2 Å². The van der Waals surface area contributed by atoms with Crippen LogP contribution in [0.4, 0.5) is 0 Å². The summed E-state index contributed by atoms with van der Waals surface area (Å²) in [5.41, 5.74) is 7.32. The highest BCUT2D eigenvalue weighted by molar-refractivity contribution is 5.93. The number of carbonyl (C=O) groups is 2. The highest BCUT2D eigenvalue weighted by atomic mass is 16.5. The van der Waals surface area contributed by atoms with E-state index in [4.69, 9.17) is 10.5 Å². The first-order valence-electron chi connectivity index (χ1n) is 12.0. The maximum absolute atomic E-state index is 12.3. The number of carboxylic acids is 1. The van der Waals surface area contributed by atoms with Gasteiger partial charge in [0.25, 0.3) is 0 Å². The molecule has 0 aromatic heterocycles. The van der Waals surface area contributed by atoms with E-state index in [1.807, 2.05) is 49.4 Å². The maximum Gasteiger partial charge on any atom is 0.338 e. The summed E-state index contributed by atoms with van der Waals surface area (Å²) in [5, 5.41) is 10.1. The molecule has 1 aromatic rings. The highest BCUT2D eigenvalue weighted by Gasteiger charge is 2.55. The fourth-order valence-corrected chi connectivity index (χ4v) is 6.42. The Morgan fingerprint density at radius 2 is 1.94 bits per heavy atom. The van der Waals surface area contributed by atoms with Crippen LogP contribution in [0.15, 0.2) is 66.3 Å². The van der Waals surface area contributed by atoms with Crippen molar-refractivity contribution in [3.05, 3.63) is 71.8 Å². The van der Waals surface area contributed by atoms with Gasteiger partial charge in [-0.25, -0.2) is 4.79 Å². The molecule has 5 nitrogen and oxygen atoms in total. The monoisotopic (exact) mass is 449 g/mol. The van der Waals surface area contributed by atoms with Crippen molar-refractivity contribution < 1.29 is 19.4 Å². The molecule has 3 N–H and O–H groups in total. The van der Waals surface area contributed by atoms with Gasteiger partial charge in [-0.05, 0) is 68.4 Å². The van der Waals surface area contributed by atoms with E-state index < -0.39 is 16.9 Å². The number of ether oxygens (including phenoxy) is 1. The van der Waals surface area contributed by atoms with Crippen LogP contribution < -0.4 is 5.73 Å². The van der Waals surface area contributed by atoms with E-state index in [2.05, 4.69) is 12.7 Å². The third kappa shape index (κ3) is 4.08. The van der Waals surface area contributed by atoms with Crippen LogP contribution in [0.3, 0.4) is 0 Å². The SMILES string of the molecule is C=C1CCC2CC(C(C)(c3ccccc3)C(C)(N)C(=O)O)CCC2C1/C=C/C1=CCOC1=O. The fraction of sp³-hybridized carbons (Fsp3) is 0.500. The summed E-state index contributed by atoms with van der Waals surface area (Å²) in [5.74, 6) is 0.0844. The summed E-state index contributed by atoms with van der Waals surface area (Å²) in [6.45, 7) is 8.39. The second-order valence-corrected chi connectivity index (χ2v) is 10.3. The van der Waals surface area contributed by atoms with Gasteiger partial charge in [0.1, 0.15) is 12.1 Å². The summed E-state index contributed by atoms with van der Waals surface area (Å²) in [7, 11) is 0. The largest absolute Gasteiger partial charge is 0.480 e. The molecule has 2 aliphatic carbocycles. The van der Waals surface area contributed by atoms with Gasteiger partial charge in [-0.2, -0.15) is 0 Å². The van der Waals surface area contributed by atoms with E-state index in [9.17, 15) is 14.7 Å². The lowest BCUT2D eigenvalue weighted by molar-refractivity contribution is -0.147. The zero-order valence-corrected chi connectivity index (χ0v) is 19.6. The lowest BCUT2D eigenvalue weighted by Gasteiger charge is -2.53. The Balaban J connectivity index is 1.60. The molecule has 6 atom stereocenters. The molecule has 3 aliphatic rings. The Bertz CT molecular complexity index is 992. The van der Waals surface area contributed by atoms with Crippen molar-refractivity contribution in [1.82, 2.24) is 0 Å². The van der Waals surface area contributed by atoms with Crippen molar-refractivity contribution in [1.29, 1.82) is 0 Å². The second-order valence-electron chi connectivity index (χ2n) is 10.3. The normalized spacial score (nSPS) is 31.3. The number of benzene rings is 1. The molecule has 4 rings (SSSR count). The first kappa shape index (κ1) is 23.5.